The first-order valence-electron chi connectivity index (χ1n) is 6.55. The average molecular weight is 259 g/mol. The van der Waals surface area contributed by atoms with Gasteiger partial charge in [-0.2, -0.15) is 0 Å². The van der Waals surface area contributed by atoms with Crippen molar-refractivity contribution in [2.24, 2.45) is 5.73 Å². The van der Waals surface area contributed by atoms with Gasteiger partial charge >= 0.3 is 0 Å². The number of methoxy groups -OCH3 is 1. The molecule has 4 heteroatoms. The maximum atomic E-state index is 5.78. The average Bonchev–Trinajstić information content (AvgIpc) is 2.78. The Morgan fingerprint density at radius 3 is 2.89 bits per heavy atom. The van der Waals surface area contributed by atoms with E-state index >= 15 is 0 Å². The summed E-state index contributed by atoms with van der Waals surface area (Å²) < 4.78 is 5.25. The van der Waals surface area contributed by atoms with Crippen LogP contribution in [0.25, 0.3) is 11.3 Å². The fourth-order valence-corrected chi connectivity index (χ4v) is 2.06. The van der Waals surface area contributed by atoms with Crippen molar-refractivity contribution in [2.75, 3.05) is 7.11 Å². The normalized spacial score (nSPS) is 12.4. The van der Waals surface area contributed by atoms with Gasteiger partial charge in [0, 0.05) is 23.7 Å². The van der Waals surface area contributed by atoms with Crippen molar-refractivity contribution in [1.82, 2.24) is 9.97 Å². The minimum Gasteiger partial charge on any atom is -0.497 e. The summed E-state index contributed by atoms with van der Waals surface area (Å²) in [5.41, 5.74) is 8.91. The molecular weight excluding hydrogens is 238 g/mol. The van der Waals surface area contributed by atoms with Crippen LogP contribution in [0.15, 0.2) is 24.3 Å². The minimum absolute atomic E-state index is 0.200. The fraction of sp³-hybridized carbons (Fsp3) is 0.400. The van der Waals surface area contributed by atoms with Gasteiger partial charge in [-0.05, 0) is 32.4 Å². The molecule has 1 unspecified atom stereocenters. The van der Waals surface area contributed by atoms with Crippen molar-refractivity contribution in [2.45, 2.75) is 32.7 Å². The van der Waals surface area contributed by atoms with Crippen LogP contribution in [0.2, 0.25) is 0 Å². The molecule has 2 aromatic rings. The topological polar surface area (TPSA) is 63.9 Å². The molecule has 0 saturated heterocycles. The van der Waals surface area contributed by atoms with E-state index in [0.29, 0.717) is 0 Å². The number of aryl methyl sites for hydroxylation is 2. The third-order valence-electron chi connectivity index (χ3n) is 3.11. The Balaban J connectivity index is 2.24. The van der Waals surface area contributed by atoms with Crippen molar-refractivity contribution in [3.8, 4) is 17.0 Å². The van der Waals surface area contributed by atoms with E-state index in [1.807, 2.05) is 38.1 Å². The Kier molecular flexibility index (Phi) is 4.22. The van der Waals surface area contributed by atoms with Gasteiger partial charge in [-0.15, -0.1) is 0 Å². The summed E-state index contributed by atoms with van der Waals surface area (Å²) in [5, 5.41) is 0. The Bertz CT molecular complexity index is 546. The smallest absolute Gasteiger partial charge is 0.119 e. The Morgan fingerprint density at radius 2 is 2.21 bits per heavy atom. The minimum atomic E-state index is 0.200. The number of H-pyrrole nitrogens is 1. The van der Waals surface area contributed by atoms with Crippen LogP contribution in [0, 0.1) is 6.92 Å². The number of nitrogens with two attached hydrogens (primary N) is 1. The summed E-state index contributed by atoms with van der Waals surface area (Å²) in [4.78, 5) is 7.99. The summed E-state index contributed by atoms with van der Waals surface area (Å²) in [5.74, 6) is 1.84. The van der Waals surface area contributed by atoms with Crippen LogP contribution in [0.1, 0.15) is 24.9 Å². The number of nitrogens with one attached hydrogen (secondary N) is 1. The molecule has 2 rings (SSSR count). The summed E-state index contributed by atoms with van der Waals surface area (Å²) in [6.45, 7) is 4.05. The van der Waals surface area contributed by atoms with Crippen molar-refractivity contribution < 1.29 is 4.74 Å². The zero-order valence-electron chi connectivity index (χ0n) is 11.7. The highest BCUT2D eigenvalue weighted by atomic mass is 16.5. The van der Waals surface area contributed by atoms with Crippen molar-refractivity contribution in [3.63, 3.8) is 0 Å². The van der Waals surface area contributed by atoms with Gasteiger partial charge in [0.25, 0.3) is 0 Å². The fourth-order valence-electron chi connectivity index (χ4n) is 2.06. The molecule has 0 bridgehead atoms. The largest absolute Gasteiger partial charge is 0.497 e. The van der Waals surface area contributed by atoms with Crippen molar-refractivity contribution in [3.05, 3.63) is 35.8 Å². The molecule has 1 aromatic carbocycles. The van der Waals surface area contributed by atoms with Gasteiger partial charge in [0.1, 0.15) is 11.6 Å². The van der Waals surface area contributed by atoms with Crippen LogP contribution in [0.3, 0.4) is 0 Å². The number of ether oxygens (including phenoxy) is 1. The lowest BCUT2D eigenvalue weighted by Gasteiger charge is -2.03. The molecule has 0 amide bonds. The molecule has 0 saturated carbocycles. The van der Waals surface area contributed by atoms with E-state index in [1.54, 1.807) is 7.11 Å². The summed E-state index contributed by atoms with van der Waals surface area (Å²) in [7, 11) is 1.67. The van der Waals surface area contributed by atoms with Crippen LogP contribution in [0.4, 0.5) is 0 Å². The van der Waals surface area contributed by atoms with E-state index < -0.39 is 0 Å². The highest BCUT2D eigenvalue weighted by Crippen LogP contribution is 2.25. The highest BCUT2D eigenvalue weighted by molar-refractivity contribution is 5.63. The van der Waals surface area contributed by atoms with E-state index in [1.165, 1.54) is 0 Å². The molecule has 0 aliphatic heterocycles. The third kappa shape index (κ3) is 3.35. The second-order valence-corrected chi connectivity index (χ2v) is 4.91. The van der Waals surface area contributed by atoms with Gasteiger partial charge in [0.05, 0.1) is 12.8 Å². The maximum Gasteiger partial charge on any atom is 0.119 e. The number of rotatable bonds is 5. The van der Waals surface area contributed by atoms with E-state index in [4.69, 9.17) is 10.5 Å². The van der Waals surface area contributed by atoms with Gasteiger partial charge < -0.3 is 15.5 Å². The monoisotopic (exact) mass is 259 g/mol. The summed E-state index contributed by atoms with van der Waals surface area (Å²) in [6.07, 6.45) is 1.81. The summed E-state index contributed by atoms with van der Waals surface area (Å²) >= 11 is 0. The molecule has 0 radical (unpaired) electrons. The van der Waals surface area contributed by atoms with E-state index in [0.717, 1.165) is 41.4 Å². The lowest BCUT2D eigenvalue weighted by Crippen LogP contribution is -2.15. The first-order valence-corrected chi connectivity index (χ1v) is 6.55. The molecule has 4 nitrogen and oxygen atoms in total. The summed E-state index contributed by atoms with van der Waals surface area (Å²) in [6, 6.07) is 8.15. The number of benzene rings is 1. The lowest BCUT2D eigenvalue weighted by atomic mass is 10.1. The van der Waals surface area contributed by atoms with Crippen molar-refractivity contribution >= 4 is 0 Å². The zero-order chi connectivity index (χ0) is 13.8. The molecule has 0 spiro atoms. The van der Waals surface area contributed by atoms with Crippen LogP contribution in [-0.2, 0) is 6.42 Å². The molecule has 19 heavy (non-hydrogen) atoms. The second-order valence-electron chi connectivity index (χ2n) is 4.91. The maximum absolute atomic E-state index is 5.78. The van der Waals surface area contributed by atoms with E-state index in [2.05, 4.69) is 9.97 Å². The van der Waals surface area contributed by atoms with E-state index in [-0.39, 0.29) is 6.04 Å². The SMILES string of the molecule is COc1cccc(-c2nc(CCC(C)N)[nH]c2C)c1. The standard InChI is InChI=1S/C15H21N3O/c1-10(16)7-8-14-17-11(2)15(18-14)12-5-4-6-13(9-12)19-3/h4-6,9-10H,7-8,16H2,1-3H3,(H,17,18). The zero-order valence-corrected chi connectivity index (χ0v) is 11.7. The van der Waals surface area contributed by atoms with Crippen LogP contribution < -0.4 is 10.5 Å². The predicted octanol–water partition coefficient (Wildman–Crippen LogP) is 2.67. The first-order chi connectivity index (χ1) is 9.10. The highest BCUT2D eigenvalue weighted by Gasteiger charge is 2.10. The molecule has 3 N–H and O–H groups in total. The quantitative estimate of drug-likeness (QED) is 0.867. The molecule has 1 heterocycles. The van der Waals surface area contributed by atoms with Gasteiger partial charge in [-0.3, -0.25) is 0 Å². The Morgan fingerprint density at radius 1 is 1.42 bits per heavy atom. The molecule has 102 valence electrons. The molecule has 0 aliphatic carbocycles. The second kappa shape index (κ2) is 5.89. The van der Waals surface area contributed by atoms with Crippen LogP contribution >= 0.6 is 0 Å². The number of aromatic amines is 1. The van der Waals surface area contributed by atoms with Crippen LogP contribution in [-0.4, -0.2) is 23.1 Å². The third-order valence-corrected chi connectivity index (χ3v) is 3.11. The van der Waals surface area contributed by atoms with Crippen LogP contribution in [0.5, 0.6) is 5.75 Å². The van der Waals surface area contributed by atoms with Crippen molar-refractivity contribution in [1.29, 1.82) is 0 Å². The van der Waals surface area contributed by atoms with Gasteiger partial charge in [0.2, 0.25) is 0 Å². The molecule has 0 aliphatic rings. The number of aromatic nitrogens is 2. The number of hydrogen-bond acceptors (Lipinski definition) is 3. The van der Waals surface area contributed by atoms with Gasteiger partial charge in [0.15, 0.2) is 0 Å². The molecular formula is C15H21N3O. The van der Waals surface area contributed by atoms with Gasteiger partial charge in [-0.25, -0.2) is 4.98 Å². The van der Waals surface area contributed by atoms with E-state index in [9.17, 15) is 0 Å². The number of imidazole rings is 1. The predicted molar refractivity (Wildman–Crippen MR) is 77.3 cm³/mol. The molecule has 1 atom stereocenters. The number of hydrogen-bond donors (Lipinski definition) is 2. The molecule has 0 fully saturated rings. The Hall–Kier alpha value is -1.81. The number of nitrogens with zero attached hydrogens (tertiary/aromatic N) is 1. The first kappa shape index (κ1) is 13.6. The lowest BCUT2D eigenvalue weighted by molar-refractivity contribution is 0.415. The molecule has 1 aromatic heterocycles. The van der Waals surface area contributed by atoms with Gasteiger partial charge in [-0.1, -0.05) is 12.1 Å². The Labute approximate surface area is 114 Å².